The van der Waals surface area contributed by atoms with Crippen LogP contribution in [0.5, 0.6) is 0 Å². The predicted molar refractivity (Wildman–Crippen MR) is 76.3 cm³/mol. The molecule has 0 spiro atoms. The van der Waals surface area contributed by atoms with Crippen molar-refractivity contribution in [1.29, 1.82) is 0 Å². The number of nitrogens with one attached hydrogen (secondary N) is 2. The molecule has 0 bridgehead atoms. The van der Waals surface area contributed by atoms with Crippen molar-refractivity contribution in [3.8, 4) is 0 Å². The smallest absolute Gasteiger partial charge is 0.253 e. The van der Waals surface area contributed by atoms with Gasteiger partial charge in [0.05, 0.1) is 5.56 Å². The van der Waals surface area contributed by atoms with Gasteiger partial charge >= 0.3 is 0 Å². The number of hydrogen-bond donors (Lipinski definition) is 3. The summed E-state index contributed by atoms with van der Waals surface area (Å²) in [6, 6.07) is 7.56. The number of anilines is 1. The molecule has 1 aromatic rings. The molecule has 0 aliphatic heterocycles. The van der Waals surface area contributed by atoms with E-state index in [1.54, 1.807) is 0 Å². The molecule has 4 nitrogen and oxygen atoms in total. The minimum Gasteiger partial charge on any atom is -0.396 e. The van der Waals surface area contributed by atoms with Gasteiger partial charge in [-0.1, -0.05) is 25.0 Å². The van der Waals surface area contributed by atoms with E-state index in [0.29, 0.717) is 5.56 Å². The molecule has 4 heteroatoms. The highest BCUT2D eigenvalue weighted by atomic mass is 16.3. The molecule has 1 amide bonds. The van der Waals surface area contributed by atoms with Gasteiger partial charge in [-0.15, -0.1) is 0 Å². The molecule has 104 valence electrons. The maximum Gasteiger partial charge on any atom is 0.253 e. The third-order valence-corrected chi connectivity index (χ3v) is 3.90. The van der Waals surface area contributed by atoms with E-state index in [9.17, 15) is 9.90 Å². The molecule has 0 aromatic heterocycles. The summed E-state index contributed by atoms with van der Waals surface area (Å²) >= 11 is 0. The molecule has 0 radical (unpaired) electrons. The highest BCUT2D eigenvalue weighted by Crippen LogP contribution is 2.24. The summed E-state index contributed by atoms with van der Waals surface area (Å²) in [4.78, 5) is 12.3. The molecule has 2 atom stereocenters. The van der Waals surface area contributed by atoms with Crippen molar-refractivity contribution in [2.75, 3.05) is 19.0 Å². The van der Waals surface area contributed by atoms with Crippen molar-refractivity contribution >= 4 is 11.6 Å². The molecule has 1 saturated carbocycles. The zero-order valence-corrected chi connectivity index (χ0v) is 11.4. The highest BCUT2D eigenvalue weighted by molar-refractivity contribution is 5.99. The maximum absolute atomic E-state index is 12.3. The molecule has 1 fully saturated rings. The third kappa shape index (κ3) is 3.26. The van der Waals surface area contributed by atoms with E-state index in [1.165, 1.54) is 0 Å². The lowest BCUT2D eigenvalue weighted by Gasteiger charge is -2.31. The van der Waals surface area contributed by atoms with Crippen LogP contribution in [0.4, 0.5) is 5.69 Å². The number of carbonyl (C=O) groups is 1. The van der Waals surface area contributed by atoms with E-state index in [4.69, 9.17) is 0 Å². The quantitative estimate of drug-likeness (QED) is 0.778. The van der Waals surface area contributed by atoms with Crippen LogP contribution >= 0.6 is 0 Å². The topological polar surface area (TPSA) is 61.4 Å². The van der Waals surface area contributed by atoms with Crippen molar-refractivity contribution in [3.63, 3.8) is 0 Å². The molecule has 0 heterocycles. The van der Waals surface area contributed by atoms with Gasteiger partial charge in [-0.25, -0.2) is 0 Å². The van der Waals surface area contributed by atoms with Gasteiger partial charge in [-0.3, -0.25) is 4.79 Å². The van der Waals surface area contributed by atoms with Crippen LogP contribution < -0.4 is 10.6 Å². The fourth-order valence-electron chi connectivity index (χ4n) is 2.76. The number of benzene rings is 1. The van der Waals surface area contributed by atoms with Crippen LogP contribution in [0.3, 0.4) is 0 Å². The number of hydrogen-bond acceptors (Lipinski definition) is 3. The van der Waals surface area contributed by atoms with E-state index in [2.05, 4.69) is 10.6 Å². The van der Waals surface area contributed by atoms with Crippen LogP contribution in [-0.4, -0.2) is 30.7 Å². The monoisotopic (exact) mass is 262 g/mol. The minimum atomic E-state index is -0.0599. The lowest BCUT2D eigenvalue weighted by atomic mass is 9.85. The average Bonchev–Trinajstić information content (AvgIpc) is 2.47. The molecular formula is C15H22N2O2. The van der Waals surface area contributed by atoms with Gasteiger partial charge in [-0.05, 0) is 25.0 Å². The van der Waals surface area contributed by atoms with Crippen molar-refractivity contribution in [2.45, 2.75) is 31.7 Å². The van der Waals surface area contributed by atoms with Crippen LogP contribution in [0.15, 0.2) is 24.3 Å². The number of aliphatic hydroxyl groups is 1. The Morgan fingerprint density at radius 1 is 1.32 bits per heavy atom. The van der Waals surface area contributed by atoms with Gasteiger partial charge in [0.25, 0.3) is 5.91 Å². The highest BCUT2D eigenvalue weighted by Gasteiger charge is 2.26. The lowest BCUT2D eigenvalue weighted by molar-refractivity contribution is 0.0873. The molecule has 1 aromatic carbocycles. The van der Waals surface area contributed by atoms with E-state index in [0.717, 1.165) is 31.4 Å². The van der Waals surface area contributed by atoms with E-state index < -0.39 is 0 Å². The van der Waals surface area contributed by atoms with Crippen molar-refractivity contribution in [3.05, 3.63) is 29.8 Å². The largest absolute Gasteiger partial charge is 0.396 e. The second-order valence-electron chi connectivity index (χ2n) is 5.10. The number of para-hydroxylation sites is 1. The Balaban J connectivity index is 2.07. The van der Waals surface area contributed by atoms with Gasteiger partial charge < -0.3 is 15.7 Å². The van der Waals surface area contributed by atoms with Gasteiger partial charge in [0, 0.05) is 31.3 Å². The van der Waals surface area contributed by atoms with E-state index in [1.807, 2.05) is 31.3 Å². The van der Waals surface area contributed by atoms with Crippen molar-refractivity contribution < 1.29 is 9.90 Å². The lowest BCUT2D eigenvalue weighted by Crippen LogP contribution is -2.43. The summed E-state index contributed by atoms with van der Waals surface area (Å²) in [6.07, 6.45) is 4.22. The molecular weight excluding hydrogens is 240 g/mol. The van der Waals surface area contributed by atoms with Crippen molar-refractivity contribution in [2.24, 2.45) is 5.92 Å². The Morgan fingerprint density at radius 2 is 2.05 bits per heavy atom. The molecule has 19 heavy (non-hydrogen) atoms. The molecule has 3 N–H and O–H groups in total. The summed E-state index contributed by atoms with van der Waals surface area (Å²) in [5.74, 6) is 0.134. The third-order valence-electron chi connectivity index (χ3n) is 3.90. The minimum absolute atomic E-state index is 0.0599. The molecule has 1 aliphatic carbocycles. The standard InChI is InChI=1S/C15H22N2O2/c1-16-14-9-5-3-7-12(14)15(19)17-13-8-4-2-6-11(13)10-18/h3,5,7,9,11,13,16,18H,2,4,6,8,10H2,1H3,(H,17,19). The maximum atomic E-state index is 12.3. The number of aliphatic hydroxyl groups excluding tert-OH is 1. The first-order chi connectivity index (χ1) is 9.26. The average molecular weight is 262 g/mol. The van der Waals surface area contributed by atoms with Gasteiger partial charge in [-0.2, -0.15) is 0 Å². The molecule has 0 saturated heterocycles. The zero-order chi connectivity index (χ0) is 13.7. The van der Waals surface area contributed by atoms with Crippen molar-refractivity contribution in [1.82, 2.24) is 5.32 Å². The first-order valence-electron chi connectivity index (χ1n) is 6.94. The number of amides is 1. The summed E-state index contributed by atoms with van der Waals surface area (Å²) in [5.41, 5.74) is 1.49. The Hall–Kier alpha value is -1.55. The second-order valence-corrected chi connectivity index (χ2v) is 5.10. The fourth-order valence-corrected chi connectivity index (χ4v) is 2.76. The summed E-state index contributed by atoms with van der Waals surface area (Å²) < 4.78 is 0. The van der Waals surface area contributed by atoms with E-state index in [-0.39, 0.29) is 24.5 Å². The van der Waals surface area contributed by atoms with Crippen LogP contribution in [0, 0.1) is 5.92 Å². The van der Waals surface area contributed by atoms with Gasteiger partial charge in [0.1, 0.15) is 0 Å². The normalized spacial score (nSPS) is 22.8. The van der Waals surface area contributed by atoms with Crippen LogP contribution in [0.25, 0.3) is 0 Å². The first-order valence-corrected chi connectivity index (χ1v) is 6.94. The summed E-state index contributed by atoms with van der Waals surface area (Å²) in [5, 5.41) is 15.5. The van der Waals surface area contributed by atoms with Gasteiger partial charge in [0.15, 0.2) is 0 Å². The molecule has 2 rings (SSSR count). The first kappa shape index (κ1) is 13.9. The number of rotatable bonds is 4. The summed E-state index contributed by atoms with van der Waals surface area (Å²) in [6.45, 7) is 0.151. The van der Waals surface area contributed by atoms with Crippen LogP contribution in [0.1, 0.15) is 36.0 Å². The van der Waals surface area contributed by atoms with Gasteiger partial charge in [0.2, 0.25) is 0 Å². The van der Waals surface area contributed by atoms with Crippen LogP contribution in [-0.2, 0) is 0 Å². The molecule has 1 aliphatic rings. The summed E-state index contributed by atoms with van der Waals surface area (Å²) in [7, 11) is 1.81. The number of carbonyl (C=O) groups excluding carboxylic acids is 1. The Labute approximate surface area is 114 Å². The second kappa shape index (κ2) is 6.57. The fraction of sp³-hybridized carbons (Fsp3) is 0.533. The van der Waals surface area contributed by atoms with E-state index >= 15 is 0 Å². The zero-order valence-electron chi connectivity index (χ0n) is 11.4. The Bertz CT molecular complexity index is 434. The SMILES string of the molecule is CNc1ccccc1C(=O)NC1CCCCC1CO. The Morgan fingerprint density at radius 3 is 2.79 bits per heavy atom. The predicted octanol–water partition coefficient (Wildman–Crippen LogP) is 2.01. The molecule has 2 unspecified atom stereocenters. The Kier molecular flexibility index (Phi) is 4.80. The van der Waals surface area contributed by atoms with Crippen LogP contribution in [0.2, 0.25) is 0 Å².